The second-order valence-electron chi connectivity index (χ2n) is 8.13. The van der Waals surface area contributed by atoms with E-state index < -0.39 is 6.09 Å². The molecule has 2 aliphatic carbocycles. The van der Waals surface area contributed by atoms with Crippen molar-refractivity contribution in [1.29, 1.82) is 0 Å². The maximum absolute atomic E-state index is 11.9. The molecule has 1 N–H and O–H groups in total. The van der Waals surface area contributed by atoms with Crippen LogP contribution in [0, 0.1) is 5.41 Å². The Morgan fingerprint density at radius 3 is 2.09 bits per heavy atom. The van der Waals surface area contributed by atoms with Gasteiger partial charge in [-0.05, 0) is 38.5 Å². The van der Waals surface area contributed by atoms with Gasteiger partial charge in [0.25, 0.3) is 0 Å². The number of amides is 2. The molecule has 0 radical (unpaired) electrons. The fraction of sp³-hybridized carbons (Fsp3) is 0.882. The average molecular weight is 321 g/mol. The van der Waals surface area contributed by atoms with Gasteiger partial charge < -0.3 is 19.8 Å². The molecular weight excluding hydrogens is 294 g/mol. The summed E-state index contributed by atoms with van der Waals surface area (Å²) in [6, 6.07) is 1.60. The third-order valence-electron chi connectivity index (χ3n) is 6.37. The average Bonchev–Trinajstić information content (AvgIpc) is 3.21. The van der Waals surface area contributed by atoms with Crippen molar-refractivity contribution in [3.8, 4) is 0 Å². The zero-order chi connectivity index (χ0) is 16.2. The van der Waals surface area contributed by atoms with Gasteiger partial charge in [0.05, 0.1) is 0 Å². The van der Waals surface area contributed by atoms with Crippen molar-refractivity contribution < 1.29 is 14.7 Å². The smallest absolute Gasteiger partial charge is 0.407 e. The molecule has 2 heterocycles. The van der Waals surface area contributed by atoms with Crippen molar-refractivity contribution in [2.24, 2.45) is 5.41 Å². The number of rotatable bonds is 3. The molecule has 128 valence electrons. The summed E-state index contributed by atoms with van der Waals surface area (Å²) in [5, 5.41) is 8.96. The molecule has 2 saturated heterocycles. The zero-order valence-corrected chi connectivity index (χ0v) is 13.9. The predicted octanol–water partition coefficient (Wildman–Crippen LogP) is 1.60. The lowest BCUT2D eigenvalue weighted by atomic mass is 9.60. The van der Waals surface area contributed by atoms with Crippen molar-refractivity contribution in [3.05, 3.63) is 0 Å². The first kappa shape index (κ1) is 15.2. The van der Waals surface area contributed by atoms with E-state index in [2.05, 4.69) is 9.80 Å². The highest BCUT2D eigenvalue weighted by atomic mass is 16.4. The number of nitrogens with zero attached hydrogens (tertiary/aromatic N) is 3. The summed E-state index contributed by atoms with van der Waals surface area (Å²) in [4.78, 5) is 29.0. The molecule has 23 heavy (non-hydrogen) atoms. The van der Waals surface area contributed by atoms with Crippen LogP contribution < -0.4 is 0 Å². The summed E-state index contributed by atoms with van der Waals surface area (Å²) < 4.78 is 0. The van der Waals surface area contributed by atoms with Crippen molar-refractivity contribution in [2.75, 3.05) is 26.2 Å². The van der Waals surface area contributed by atoms with Crippen LogP contribution in [0.3, 0.4) is 0 Å². The first-order chi connectivity index (χ1) is 11.0. The standard InChI is InChI=1S/C17H27N3O3/c1-12(21)20(13-2-3-13)14-4-6-18(7-5-14)15-8-17(9-15)10-19(11-17)16(22)23/h13-15H,2-11H2,1H3,(H,22,23). The number of hydrogen-bond donors (Lipinski definition) is 1. The van der Waals surface area contributed by atoms with E-state index in [1.807, 2.05) is 0 Å². The van der Waals surface area contributed by atoms with Gasteiger partial charge in [-0.25, -0.2) is 4.79 Å². The Kier molecular flexibility index (Phi) is 3.55. The lowest BCUT2D eigenvalue weighted by Crippen LogP contribution is -2.68. The second kappa shape index (κ2) is 5.36. The van der Waals surface area contributed by atoms with Gasteiger partial charge in [-0.2, -0.15) is 0 Å². The molecule has 0 aromatic rings. The molecule has 0 atom stereocenters. The fourth-order valence-electron chi connectivity index (χ4n) is 5.05. The summed E-state index contributed by atoms with van der Waals surface area (Å²) in [5.41, 5.74) is 0.291. The van der Waals surface area contributed by atoms with Crippen LogP contribution in [0.1, 0.15) is 45.4 Å². The molecule has 4 aliphatic rings. The molecule has 6 heteroatoms. The molecule has 4 fully saturated rings. The van der Waals surface area contributed by atoms with Crippen LogP contribution in [-0.4, -0.2) is 76.1 Å². The molecule has 4 rings (SSSR count). The Bertz CT molecular complexity index is 497. The van der Waals surface area contributed by atoms with E-state index in [4.69, 9.17) is 5.11 Å². The zero-order valence-electron chi connectivity index (χ0n) is 13.9. The topological polar surface area (TPSA) is 64.1 Å². The van der Waals surface area contributed by atoms with E-state index >= 15 is 0 Å². The van der Waals surface area contributed by atoms with Crippen LogP contribution in [0.25, 0.3) is 0 Å². The highest BCUT2D eigenvalue weighted by molar-refractivity contribution is 5.74. The van der Waals surface area contributed by atoms with Gasteiger partial charge in [-0.3, -0.25) is 4.79 Å². The van der Waals surface area contributed by atoms with Crippen molar-refractivity contribution in [1.82, 2.24) is 14.7 Å². The van der Waals surface area contributed by atoms with Crippen molar-refractivity contribution in [3.63, 3.8) is 0 Å². The Balaban J connectivity index is 1.24. The number of hydrogen-bond acceptors (Lipinski definition) is 3. The quantitative estimate of drug-likeness (QED) is 0.858. The van der Waals surface area contributed by atoms with Crippen molar-refractivity contribution >= 4 is 12.0 Å². The molecule has 2 saturated carbocycles. The molecule has 1 spiro atoms. The molecule has 0 bridgehead atoms. The minimum atomic E-state index is -0.774. The molecule has 2 amide bonds. The molecule has 2 aliphatic heterocycles. The van der Waals surface area contributed by atoms with E-state index in [9.17, 15) is 9.59 Å². The van der Waals surface area contributed by atoms with Gasteiger partial charge in [0.2, 0.25) is 5.91 Å². The van der Waals surface area contributed by atoms with Crippen LogP contribution in [0.5, 0.6) is 0 Å². The number of carbonyl (C=O) groups excluding carboxylic acids is 1. The Morgan fingerprint density at radius 1 is 1.04 bits per heavy atom. The lowest BCUT2D eigenvalue weighted by molar-refractivity contribution is -0.134. The number of carbonyl (C=O) groups is 2. The third-order valence-corrected chi connectivity index (χ3v) is 6.37. The van der Waals surface area contributed by atoms with Gasteiger partial charge in [-0.15, -0.1) is 0 Å². The monoisotopic (exact) mass is 321 g/mol. The summed E-state index contributed by atoms with van der Waals surface area (Å²) >= 11 is 0. The Hall–Kier alpha value is -1.30. The minimum absolute atomic E-state index is 0.247. The molecular formula is C17H27N3O3. The Labute approximate surface area is 137 Å². The van der Waals surface area contributed by atoms with Crippen LogP contribution in [0.2, 0.25) is 0 Å². The van der Waals surface area contributed by atoms with Gasteiger partial charge >= 0.3 is 6.09 Å². The molecule has 0 unspecified atom stereocenters. The summed E-state index contributed by atoms with van der Waals surface area (Å²) in [7, 11) is 0. The number of likely N-dealkylation sites (tertiary alicyclic amines) is 2. The SMILES string of the molecule is CC(=O)N(C1CC1)C1CCN(C2CC3(C2)CN(C(=O)O)C3)CC1. The van der Waals surface area contributed by atoms with Crippen LogP contribution in [-0.2, 0) is 4.79 Å². The van der Waals surface area contributed by atoms with Crippen molar-refractivity contribution in [2.45, 2.75) is 63.6 Å². The van der Waals surface area contributed by atoms with Crippen LogP contribution in [0.4, 0.5) is 4.79 Å². The van der Waals surface area contributed by atoms with E-state index in [0.29, 0.717) is 23.5 Å². The van der Waals surface area contributed by atoms with Gasteiger partial charge in [0.1, 0.15) is 0 Å². The maximum atomic E-state index is 11.9. The number of piperidine rings is 1. The molecule has 6 nitrogen and oxygen atoms in total. The van der Waals surface area contributed by atoms with Gasteiger partial charge in [0, 0.05) is 56.6 Å². The number of carboxylic acid groups (broad SMARTS) is 1. The summed E-state index contributed by atoms with van der Waals surface area (Å²) in [6.07, 6.45) is 6.10. The Morgan fingerprint density at radius 2 is 1.61 bits per heavy atom. The lowest BCUT2D eigenvalue weighted by Gasteiger charge is -2.61. The van der Waals surface area contributed by atoms with E-state index in [0.717, 1.165) is 51.9 Å². The first-order valence-corrected chi connectivity index (χ1v) is 8.98. The van der Waals surface area contributed by atoms with E-state index in [1.54, 1.807) is 6.92 Å². The summed E-state index contributed by atoms with van der Waals surface area (Å²) in [6.45, 7) is 5.35. The largest absolute Gasteiger partial charge is 0.465 e. The van der Waals surface area contributed by atoms with E-state index in [1.165, 1.54) is 17.7 Å². The minimum Gasteiger partial charge on any atom is -0.465 e. The van der Waals surface area contributed by atoms with Gasteiger partial charge in [0.15, 0.2) is 0 Å². The maximum Gasteiger partial charge on any atom is 0.407 e. The fourth-order valence-corrected chi connectivity index (χ4v) is 5.05. The molecule has 0 aromatic heterocycles. The summed E-state index contributed by atoms with van der Waals surface area (Å²) in [5.74, 6) is 0.247. The van der Waals surface area contributed by atoms with Crippen LogP contribution >= 0.6 is 0 Å². The highest BCUT2D eigenvalue weighted by Crippen LogP contribution is 2.50. The predicted molar refractivity (Wildman–Crippen MR) is 85.2 cm³/mol. The highest BCUT2D eigenvalue weighted by Gasteiger charge is 2.55. The third kappa shape index (κ3) is 2.71. The molecule has 0 aromatic carbocycles. The second-order valence-corrected chi connectivity index (χ2v) is 8.13. The van der Waals surface area contributed by atoms with Crippen LogP contribution in [0.15, 0.2) is 0 Å². The normalized spacial score (nSPS) is 28.3. The van der Waals surface area contributed by atoms with E-state index in [-0.39, 0.29) is 5.91 Å². The van der Waals surface area contributed by atoms with Gasteiger partial charge in [-0.1, -0.05) is 0 Å². The first-order valence-electron chi connectivity index (χ1n) is 8.98.